The number of amides is 1. The monoisotopic (exact) mass is 313 g/mol. The van der Waals surface area contributed by atoms with Gasteiger partial charge in [-0.15, -0.1) is 22.0 Å². The number of rotatable bonds is 3. The normalized spacial score (nSPS) is 10.3. The Hall–Kier alpha value is -1.30. The summed E-state index contributed by atoms with van der Waals surface area (Å²) in [6.07, 6.45) is 1.93. The maximum Gasteiger partial charge on any atom is 0.258 e. The zero-order valence-corrected chi connectivity index (χ0v) is 12.2. The summed E-state index contributed by atoms with van der Waals surface area (Å²) in [5.41, 5.74) is 0.394. The van der Waals surface area contributed by atoms with Crippen molar-refractivity contribution >= 4 is 46.7 Å². The summed E-state index contributed by atoms with van der Waals surface area (Å²) < 4.78 is 0. The molecular weight excluding hydrogens is 305 g/mol. The first-order valence-corrected chi connectivity index (χ1v) is 7.22. The fraction of sp³-hybridized carbons (Fsp3) is 0.0833. The van der Waals surface area contributed by atoms with Gasteiger partial charge in [0.25, 0.3) is 5.91 Å². The molecule has 2 aromatic rings. The Morgan fingerprint density at radius 1 is 1.21 bits per heavy atom. The first-order chi connectivity index (χ1) is 9.10. The summed E-state index contributed by atoms with van der Waals surface area (Å²) in [4.78, 5) is 13.0. The molecule has 0 radical (unpaired) electrons. The van der Waals surface area contributed by atoms with Gasteiger partial charge in [-0.1, -0.05) is 23.2 Å². The van der Waals surface area contributed by atoms with E-state index in [9.17, 15) is 4.79 Å². The molecule has 4 nitrogen and oxygen atoms in total. The molecule has 0 aliphatic rings. The topological polar surface area (TPSA) is 54.9 Å². The minimum Gasteiger partial charge on any atom is -0.305 e. The molecule has 1 amide bonds. The number of carbonyl (C=O) groups is 1. The molecular formula is C12H9Cl2N3OS. The number of hydrogen-bond acceptors (Lipinski definition) is 4. The van der Waals surface area contributed by atoms with Crippen LogP contribution < -0.4 is 5.32 Å². The molecule has 0 saturated heterocycles. The van der Waals surface area contributed by atoms with E-state index in [-0.39, 0.29) is 11.1 Å². The van der Waals surface area contributed by atoms with Crippen LogP contribution in [0, 0.1) is 0 Å². The quantitative estimate of drug-likeness (QED) is 0.877. The van der Waals surface area contributed by atoms with E-state index in [2.05, 4.69) is 15.5 Å². The highest BCUT2D eigenvalue weighted by Gasteiger charge is 2.12. The highest BCUT2D eigenvalue weighted by molar-refractivity contribution is 7.98. The zero-order valence-electron chi connectivity index (χ0n) is 9.85. The van der Waals surface area contributed by atoms with E-state index in [1.165, 1.54) is 11.8 Å². The molecule has 7 heteroatoms. The number of halogens is 2. The van der Waals surface area contributed by atoms with Crippen molar-refractivity contribution in [3.05, 3.63) is 46.1 Å². The van der Waals surface area contributed by atoms with E-state index in [0.29, 0.717) is 16.4 Å². The Kier molecular flexibility index (Phi) is 4.63. The molecule has 0 bridgehead atoms. The Bertz CT molecular complexity index is 604. The SMILES string of the molecule is CSc1ccc(Cl)c(C(=O)Nc2ccc(Cl)nn2)c1. The molecule has 2 rings (SSSR count). The third-order valence-electron chi connectivity index (χ3n) is 2.29. The van der Waals surface area contributed by atoms with Gasteiger partial charge in [0.2, 0.25) is 0 Å². The van der Waals surface area contributed by atoms with E-state index in [1.807, 2.05) is 12.3 Å². The van der Waals surface area contributed by atoms with E-state index in [0.717, 1.165) is 4.90 Å². The van der Waals surface area contributed by atoms with E-state index in [1.54, 1.807) is 24.3 Å². The Morgan fingerprint density at radius 2 is 2.00 bits per heavy atom. The van der Waals surface area contributed by atoms with Crippen LogP contribution in [0.4, 0.5) is 5.82 Å². The summed E-state index contributed by atoms with van der Waals surface area (Å²) >= 11 is 13.2. The lowest BCUT2D eigenvalue weighted by Crippen LogP contribution is -2.14. The van der Waals surface area contributed by atoms with Crippen molar-refractivity contribution in [2.45, 2.75) is 4.90 Å². The van der Waals surface area contributed by atoms with E-state index < -0.39 is 0 Å². The van der Waals surface area contributed by atoms with Crippen LogP contribution in [0.15, 0.2) is 35.2 Å². The Morgan fingerprint density at radius 3 is 2.63 bits per heavy atom. The second kappa shape index (κ2) is 6.23. The molecule has 1 aromatic heterocycles. The van der Waals surface area contributed by atoms with Crippen molar-refractivity contribution in [1.29, 1.82) is 0 Å². The standard InChI is InChI=1S/C12H9Cl2N3OS/c1-19-7-2-3-9(13)8(6-7)12(18)15-11-5-4-10(14)16-17-11/h2-6H,1H3,(H,15,17,18). The second-order valence-electron chi connectivity index (χ2n) is 3.54. The van der Waals surface area contributed by atoms with Gasteiger partial charge in [-0.05, 0) is 36.6 Å². The minimum atomic E-state index is -0.336. The molecule has 0 spiro atoms. The molecule has 1 aromatic carbocycles. The number of benzene rings is 1. The van der Waals surface area contributed by atoms with Crippen LogP contribution >= 0.6 is 35.0 Å². The first-order valence-electron chi connectivity index (χ1n) is 5.24. The van der Waals surface area contributed by atoms with Gasteiger partial charge in [-0.3, -0.25) is 4.79 Å². The summed E-state index contributed by atoms with van der Waals surface area (Å²) in [6.45, 7) is 0. The molecule has 19 heavy (non-hydrogen) atoms. The molecule has 0 atom stereocenters. The Labute approximate surface area is 124 Å². The van der Waals surface area contributed by atoms with Crippen LogP contribution in [-0.2, 0) is 0 Å². The van der Waals surface area contributed by atoms with Crippen molar-refractivity contribution in [2.24, 2.45) is 0 Å². The van der Waals surface area contributed by atoms with Crippen LogP contribution in [0.5, 0.6) is 0 Å². The second-order valence-corrected chi connectivity index (χ2v) is 5.22. The zero-order chi connectivity index (χ0) is 13.8. The fourth-order valence-corrected chi connectivity index (χ4v) is 2.12. The highest BCUT2D eigenvalue weighted by atomic mass is 35.5. The smallest absolute Gasteiger partial charge is 0.258 e. The molecule has 0 unspecified atom stereocenters. The molecule has 0 aliphatic heterocycles. The van der Waals surface area contributed by atoms with Gasteiger partial charge in [-0.25, -0.2) is 0 Å². The predicted molar refractivity (Wildman–Crippen MR) is 78.2 cm³/mol. The van der Waals surface area contributed by atoms with Gasteiger partial charge >= 0.3 is 0 Å². The fourth-order valence-electron chi connectivity index (χ4n) is 1.37. The lowest BCUT2D eigenvalue weighted by molar-refractivity contribution is 0.102. The van der Waals surface area contributed by atoms with Crippen molar-refractivity contribution in [3.8, 4) is 0 Å². The molecule has 0 saturated carbocycles. The van der Waals surface area contributed by atoms with Crippen LogP contribution in [0.3, 0.4) is 0 Å². The Balaban J connectivity index is 2.22. The highest BCUT2D eigenvalue weighted by Crippen LogP contribution is 2.23. The number of hydrogen-bond donors (Lipinski definition) is 1. The maximum atomic E-state index is 12.1. The van der Waals surface area contributed by atoms with Crippen molar-refractivity contribution < 1.29 is 4.79 Å². The van der Waals surface area contributed by atoms with Crippen LogP contribution in [-0.4, -0.2) is 22.4 Å². The number of carbonyl (C=O) groups excluding carboxylic acids is 1. The van der Waals surface area contributed by atoms with Gasteiger partial charge in [0, 0.05) is 4.90 Å². The third-order valence-corrected chi connectivity index (χ3v) is 3.55. The summed E-state index contributed by atoms with van der Waals surface area (Å²) in [5, 5.41) is 10.7. The van der Waals surface area contributed by atoms with Gasteiger partial charge in [-0.2, -0.15) is 0 Å². The molecule has 1 heterocycles. The average molecular weight is 314 g/mol. The summed E-state index contributed by atoms with van der Waals surface area (Å²) in [5.74, 6) is -0.0162. The van der Waals surface area contributed by atoms with E-state index in [4.69, 9.17) is 23.2 Å². The lowest BCUT2D eigenvalue weighted by Gasteiger charge is -2.07. The predicted octanol–water partition coefficient (Wildman–Crippen LogP) is 3.76. The summed E-state index contributed by atoms with van der Waals surface area (Å²) in [6, 6.07) is 8.39. The lowest BCUT2D eigenvalue weighted by atomic mass is 10.2. The van der Waals surface area contributed by atoms with Crippen LogP contribution in [0.25, 0.3) is 0 Å². The summed E-state index contributed by atoms with van der Waals surface area (Å²) in [7, 11) is 0. The van der Waals surface area contributed by atoms with Crippen molar-refractivity contribution in [3.63, 3.8) is 0 Å². The average Bonchev–Trinajstić information content (AvgIpc) is 2.42. The number of nitrogens with zero attached hydrogens (tertiary/aromatic N) is 2. The minimum absolute atomic E-state index is 0.264. The molecule has 1 N–H and O–H groups in total. The van der Waals surface area contributed by atoms with Gasteiger partial charge in [0.15, 0.2) is 11.0 Å². The first kappa shape index (κ1) is 14.1. The maximum absolute atomic E-state index is 12.1. The number of thioether (sulfide) groups is 1. The number of nitrogens with one attached hydrogen (secondary N) is 1. The van der Waals surface area contributed by atoms with Crippen molar-refractivity contribution in [2.75, 3.05) is 11.6 Å². The van der Waals surface area contributed by atoms with Gasteiger partial charge < -0.3 is 5.32 Å². The molecule has 98 valence electrons. The van der Waals surface area contributed by atoms with Crippen LogP contribution in [0.1, 0.15) is 10.4 Å². The molecule has 0 fully saturated rings. The largest absolute Gasteiger partial charge is 0.305 e. The third kappa shape index (κ3) is 3.59. The van der Waals surface area contributed by atoms with E-state index >= 15 is 0 Å². The van der Waals surface area contributed by atoms with Gasteiger partial charge in [0.1, 0.15) is 0 Å². The van der Waals surface area contributed by atoms with Crippen LogP contribution in [0.2, 0.25) is 10.2 Å². The van der Waals surface area contributed by atoms with Crippen molar-refractivity contribution in [1.82, 2.24) is 10.2 Å². The molecule has 0 aliphatic carbocycles. The van der Waals surface area contributed by atoms with Gasteiger partial charge in [0.05, 0.1) is 10.6 Å². The number of anilines is 1. The number of aromatic nitrogens is 2.